The lowest BCUT2D eigenvalue weighted by atomic mass is 10.0. The lowest BCUT2D eigenvalue weighted by Crippen LogP contribution is -2.35. The molecule has 7 heteroatoms. The van der Waals surface area contributed by atoms with Gasteiger partial charge in [0.2, 0.25) is 5.91 Å². The van der Waals surface area contributed by atoms with Gasteiger partial charge < -0.3 is 14.6 Å². The number of aromatic amines is 1. The maximum atomic E-state index is 11.7. The SMILES string of the molecule is CCC(=O)N1CCc2c([nH]c3ccccc23)C1.COC=O.Clc1ccccn1. The second kappa shape index (κ2) is 11.1. The second-order valence-corrected chi connectivity index (χ2v) is 6.42. The number of benzene rings is 1. The standard InChI is InChI=1S/C14H16N2O.C5H4ClN.C2H4O2/c1-2-14(17)16-8-7-11-10-5-3-4-6-12(10)15-13(11)9-16;6-5-3-1-2-4-7-5;1-4-2-3/h3-6,15H,2,7-9H2,1H3;1-4H;2H,1H3. The molecule has 28 heavy (non-hydrogen) atoms. The first-order valence-corrected chi connectivity index (χ1v) is 9.37. The quantitative estimate of drug-likeness (QED) is 0.520. The van der Waals surface area contributed by atoms with Crippen molar-refractivity contribution in [2.45, 2.75) is 26.3 Å². The Kier molecular flexibility index (Phi) is 8.49. The van der Waals surface area contributed by atoms with Gasteiger partial charge in [0.25, 0.3) is 6.47 Å². The summed E-state index contributed by atoms with van der Waals surface area (Å²) >= 11 is 5.43. The van der Waals surface area contributed by atoms with Crippen LogP contribution in [0.1, 0.15) is 24.6 Å². The summed E-state index contributed by atoms with van der Waals surface area (Å²) in [4.78, 5) is 29.8. The lowest BCUT2D eigenvalue weighted by molar-refractivity contribution is -0.131. The average molecular weight is 402 g/mol. The van der Waals surface area contributed by atoms with Crippen LogP contribution >= 0.6 is 11.6 Å². The predicted molar refractivity (Wildman–Crippen MR) is 110 cm³/mol. The number of carbonyl (C=O) groups is 2. The Labute approximate surface area is 169 Å². The maximum absolute atomic E-state index is 11.7. The number of aromatic nitrogens is 2. The zero-order valence-corrected chi connectivity index (χ0v) is 16.8. The number of H-pyrrole nitrogens is 1. The summed E-state index contributed by atoms with van der Waals surface area (Å²) in [6.07, 6.45) is 3.21. The molecule has 1 aliphatic heterocycles. The van der Waals surface area contributed by atoms with Crippen molar-refractivity contribution in [1.29, 1.82) is 0 Å². The molecule has 6 nitrogen and oxygen atoms in total. The smallest absolute Gasteiger partial charge is 0.292 e. The molecule has 1 aromatic carbocycles. The van der Waals surface area contributed by atoms with E-state index in [1.165, 1.54) is 29.3 Å². The number of fused-ring (bicyclic) bond motifs is 3. The highest BCUT2D eigenvalue weighted by Gasteiger charge is 2.22. The van der Waals surface area contributed by atoms with Crippen LogP contribution in [-0.4, -0.2) is 40.9 Å². The van der Waals surface area contributed by atoms with Crippen molar-refractivity contribution in [3.05, 3.63) is 65.1 Å². The molecule has 1 amide bonds. The van der Waals surface area contributed by atoms with Gasteiger partial charge in [-0.05, 0) is 30.2 Å². The molecule has 2 aromatic heterocycles. The fourth-order valence-corrected chi connectivity index (χ4v) is 3.10. The van der Waals surface area contributed by atoms with E-state index in [1.54, 1.807) is 12.3 Å². The summed E-state index contributed by atoms with van der Waals surface area (Å²) in [7, 11) is 1.31. The highest BCUT2D eigenvalue weighted by atomic mass is 35.5. The van der Waals surface area contributed by atoms with Crippen LogP contribution in [0.25, 0.3) is 10.9 Å². The molecule has 1 aliphatic rings. The largest absolute Gasteiger partial charge is 0.471 e. The molecular formula is C21H24ClN3O3. The van der Waals surface area contributed by atoms with Gasteiger partial charge in [-0.2, -0.15) is 0 Å². The van der Waals surface area contributed by atoms with Gasteiger partial charge in [0, 0.05) is 35.8 Å². The number of methoxy groups -OCH3 is 1. The minimum atomic E-state index is 0.245. The van der Waals surface area contributed by atoms with Gasteiger partial charge in [-0.25, -0.2) is 4.98 Å². The summed E-state index contributed by atoms with van der Waals surface area (Å²) in [6, 6.07) is 13.8. The topological polar surface area (TPSA) is 75.3 Å². The molecule has 148 valence electrons. The van der Waals surface area contributed by atoms with Crippen LogP contribution in [0.3, 0.4) is 0 Å². The third-order valence-electron chi connectivity index (χ3n) is 4.26. The summed E-state index contributed by atoms with van der Waals surface area (Å²) in [5.41, 5.74) is 3.78. The third kappa shape index (κ3) is 5.82. The van der Waals surface area contributed by atoms with Crippen molar-refractivity contribution in [2.75, 3.05) is 13.7 Å². The van der Waals surface area contributed by atoms with Crippen LogP contribution in [0.5, 0.6) is 0 Å². The van der Waals surface area contributed by atoms with Crippen molar-refractivity contribution >= 4 is 34.9 Å². The van der Waals surface area contributed by atoms with Crippen LogP contribution in [0, 0.1) is 0 Å². The number of carbonyl (C=O) groups excluding carboxylic acids is 2. The van der Waals surface area contributed by atoms with E-state index in [1.807, 2.05) is 30.0 Å². The van der Waals surface area contributed by atoms with Crippen LogP contribution in [-0.2, 0) is 27.3 Å². The number of nitrogens with one attached hydrogen (secondary N) is 1. The third-order valence-corrected chi connectivity index (χ3v) is 4.49. The second-order valence-electron chi connectivity index (χ2n) is 6.03. The van der Waals surface area contributed by atoms with Crippen molar-refractivity contribution in [2.24, 2.45) is 0 Å². The molecule has 0 saturated carbocycles. The monoisotopic (exact) mass is 401 g/mol. The van der Waals surface area contributed by atoms with Gasteiger partial charge in [0.1, 0.15) is 5.15 Å². The molecule has 3 heterocycles. The number of nitrogens with zero attached hydrogens (tertiary/aromatic N) is 2. The van der Waals surface area contributed by atoms with E-state index in [2.05, 4.69) is 32.9 Å². The first-order chi connectivity index (χ1) is 13.6. The van der Waals surface area contributed by atoms with Crippen LogP contribution in [0.15, 0.2) is 48.7 Å². The van der Waals surface area contributed by atoms with E-state index in [-0.39, 0.29) is 5.91 Å². The highest BCUT2D eigenvalue weighted by Crippen LogP contribution is 2.27. The van der Waals surface area contributed by atoms with E-state index >= 15 is 0 Å². The summed E-state index contributed by atoms with van der Waals surface area (Å²) < 4.78 is 3.86. The van der Waals surface area contributed by atoms with Crippen molar-refractivity contribution < 1.29 is 14.3 Å². The molecule has 0 saturated heterocycles. The van der Waals surface area contributed by atoms with Gasteiger partial charge >= 0.3 is 0 Å². The number of halogens is 1. The predicted octanol–water partition coefficient (Wildman–Crippen LogP) is 3.99. The zero-order valence-electron chi connectivity index (χ0n) is 16.0. The first kappa shape index (κ1) is 21.4. The normalized spacial score (nSPS) is 12.0. The van der Waals surface area contributed by atoms with Crippen LogP contribution in [0.4, 0.5) is 0 Å². The molecule has 0 radical (unpaired) electrons. The fraction of sp³-hybridized carbons (Fsp3) is 0.286. The highest BCUT2D eigenvalue weighted by molar-refractivity contribution is 6.29. The van der Waals surface area contributed by atoms with Crippen molar-refractivity contribution in [3.8, 4) is 0 Å². The minimum Gasteiger partial charge on any atom is -0.471 e. The molecule has 1 N–H and O–H groups in total. The Balaban J connectivity index is 0.000000211. The first-order valence-electron chi connectivity index (χ1n) is 8.99. The number of pyridine rings is 1. The minimum absolute atomic E-state index is 0.245. The maximum Gasteiger partial charge on any atom is 0.292 e. The van der Waals surface area contributed by atoms with Gasteiger partial charge in [-0.1, -0.05) is 42.8 Å². The van der Waals surface area contributed by atoms with Gasteiger partial charge in [0.15, 0.2) is 0 Å². The molecule has 0 atom stereocenters. The van der Waals surface area contributed by atoms with Crippen molar-refractivity contribution in [3.63, 3.8) is 0 Å². The molecule has 0 spiro atoms. The number of amides is 1. The zero-order chi connectivity index (χ0) is 20.4. The number of ether oxygens (including phenoxy) is 1. The number of hydrogen-bond acceptors (Lipinski definition) is 4. The lowest BCUT2D eigenvalue weighted by Gasteiger charge is -2.26. The molecular weight excluding hydrogens is 378 g/mol. The number of para-hydroxylation sites is 1. The summed E-state index contributed by atoms with van der Waals surface area (Å²) in [6.45, 7) is 3.88. The Morgan fingerprint density at radius 3 is 2.57 bits per heavy atom. The Hall–Kier alpha value is -2.86. The number of rotatable bonds is 2. The van der Waals surface area contributed by atoms with Crippen LogP contribution in [0.2, 0.25) is 5.15 Å². The molecule has 3 aromatic rings. The van der Waals surface area contributed by atoms with E-state index in [0.29, 0.717) is 18.0 Å². The van der Waals surface area contributed by atoms with E-state index in [9.17, 15) is 4.79 Å². The van der Waals surface area contributed by atoms with Crippen LogP contribution < -0.4 is 0 Å². The Bertz CT molecular complexity index is 896. The Morgan fingerprint density at radius 2 is 2.00 bits per heavy atom. The van der Waals surface area contributed by atoms with Gasteiger partial charge in [-0.15, -0.1) is 0 Å². The number of hydrogen-bond donors (Lipinski definition) is 1. The average Bonchev–Trinajstić information content (AvgIpc) is 3.12. The van der Waals surface area contributed by atoms with E-state index < -0.39 is 0 Å². The van der Waals surface area contributed by atoms with Crippen molar-refractivity contribution in [1.82, 2.24) is 14.9 Å². The molecule has 0 unspecified atom stereocenters. The summed E-state index contributed by atoms with van der Waals surface area (Å²) in [5, 5.41) is 1.86. The molecule has 0 bridgehead atoms. The molecule has 0 fully saturated rings. The van der Waals surface area contributed by atoms with Gasteiger partial charge in [0.05, 0.1) is 13.7 Å². The van der Waals surface area contributed by atoms with E-state index in [4.69, 9.17) is 16.4 Å². The summed E-state index contributed by atoms with van der Waals surface area (Å²) in [5.74, 6) is 0.245. The van der Waals surface area contributed by atoms with Gasteiger partial charge in [-0.3, -0.25) is 9.59 Å². The molecule has 0 aliphatic carbocycles. The van der Waals surface area contributed by atoms with E-state index in [0.717, 1.165) is 19.5 Å². The Morgan fingerprint density at radius 1 is 1.29 bits per heavy atom. The molecule has 4 rings (SSSR count). The fourth-order valence-electron chi connectivity index (χ4n) is 2.97.